The SMILES string of the molecule is CN1CCC(NC(=O)[C@H]2OCC(=O)N[C@@H]2c2ccccc2Cl)CC1. The Balaban J connectivity index is 1.73. The number of hydrogen-bond acceptors (Lipinski definition) is 4. The van der Waals surface area contributed by atoms with Crippen molar-refractivity contribution in [3.63, 3.8) is 0 Å². The molecular weight excluding hydrogens is 330 g/mol. The van der Waals surface area contributed by atoms with Gasteiger partial charge in [-0.05, 0) is 44.6 Å². The number of carbonyl (C=O) groups excluding carboxylic acids is 2. The third-order valence-electron chi connectivity index (χ3n) is 4.58. The van der Waals surface area contributed by atoms with E-state index in [1.807, 2.05) is 12.1 Å². The Bertz CT molecular complexity index is 617. The summed E-state index contributed by atoms with van der Waals surface area (Å²) in [6.45, 7) is 1.80. The minimum Gasteiger partial charge on any atom is -0.356 e. The van der Waals surface area contributed by atoms with E-state index < -0.39 is 12.1 Å². The van der Waals surface area contributed by atoms with E-state index in [4.69, 9.17) is 16.3 Å². The fourth-order valence-corrected chi connectivity index (χ4v) is 3.44. The number of carbonyl (C=O) groups is 2. The van der Waals surface area contributed by atoms with E-state index in [1.165, 1.54) is 0 Å². The Morgan fingerprint density at radius 1 is 1.33 bits per heavy atom. The molecule has 1 aromatic rings. The first-order valence-corrected chi connectivity index (χ1v) is 8.56. The normalized spacial score (nSPS) is 26.0. The summed E-state index contributed by atoms with van der Waals surface area (Å²) in [7, 11) is 2.07. The zero-order chi connectivity index (χ0) is 17.1. The van der Waals surface area contributed by atoms with E-state index in [9.17, 15) is 9.59 Å². The van der Waals surface area contributed by atoms with Crippen molar-refractivity contribution < 1.29 is 14.3 Å². The molecule has 3 rings (SSSR count). The average Bonchev–Trinajstić information content (AvgIpc) is 2.57. The number of ether oxygens (including phenoxy) is 1. The van der Waals surface area contributed by atoms with E-state index in [1.54, 1.807) is 12.1 Å². The molecule has 0 saturated carbocycles. The van der Waals surface area contributed by atoms with Gasteiger partial charge in [0.15, 0.2) is 6.10 Å². The summed E-state index contributed by atoms with van der Waals surface area (Å²) in [5.41, 5.74) is 0.691. The molecule has 2 atom stereocenters. The Hall–Kier alpha value is -1.63. The van der Waals surface area contributed by atoms with Crippen molar-refractivity contribution in [2.45, 2.75) is 31.0 Å². The largest absolute Gasteiger partial charge is 0.356 e. The molecule has 2 fully saturated rings. The van der Waals surface area contributed by atoms with Gasteiger partial charge in [-0.1, -0.05) is 29.8 Å². The Morgan fingerprint density at radius 3 is 2.75 bits per heavy atom. The fourth-order valence-electron chi connectivity index (χ4n) is 3.18. The smallest absolute Gasteiger partial charge is 0.251 e. The molecule has 0 spiro atoms. The van der Waals surface area contributed by atoms with E-state index in [-0.39, 0.29) is 24.5 Å². The molecule has 0 aromatic heterocycles. The molecule has 2 aliphatic heterocycles. The van der Waals surface area contributed by atoms with Crippen molar-refractivity contribution in [2.75, 3.05) is 26.7 Å². The number of nitrogens with one attached hydrogen (secondary N) is 2. The average molecular weight is 352 g/mol. The monoisotopic (exact) mass is 351 g/mol. The molecule has 7 heteroatoms. The van der Waals surface area contributed by atoms with E-state index in [2.05, 4.69) is 22.6 Å². The minimum atomic E-state index is -0.776. The second-order valence-electron chi connectivity index (χ2n) is 6.38. The highest BCUT2D eigenvalue weighted by Gasteiger charge is 2.37. The standard InChI is InChI=1S/C17H22ClN3O3/c1-21-8-6-11(7-9-21)19-17(23)16-15(20-14(22)10-24-16)12-4-2-3-5-13(12)18/h2-5,11,15-16H,6-10H2,1H3,(H,19,23)(H,20,22)/t15-,16+/m1/s1. The lowest BCUT2D eigenvalue weighted by Gasteiger charge is -2.35. The van der Waals surface area contributed by atoms with Gasteiger partial charge in [0.25, 0.3) is 5.91 Å². The van der Waals surface area contributed by atoms with Crippen LogP contribution in [-0.2, 0) is 14.3 Å². The number of halogens is 1. The molecule has 0 unspecified atom stereocenters. The topological polar surface area (TPSA) is 70.7 Å². The first-order valence-electron chi connectivity index (χ1n) is 8.19. The van der Waals surface area contributed by atoms with Gasteiger partial charge >= 0.3 is 0 Å². The van der Waals surface area contributed by atoms with Gasteiger partial charge in [0.2, 0.25) is 5.91 Å². The zero-order valence-electron chi connectivity index (χ0n) is 13.6. The van der Waals surface area contributed by atoms with Crippen LogP contribution in [0.25, 0.3) is 0 Å². The van der Waals surface area contributed by atoms with Crippen LogP contribution in [0.2, 0.25) is 5.02 Å². The molecule has 0 aliphatic carbocycles. The Morgan fingerprint density at radius 2 is 2.04 bits per heavy atom. The summed E-state index contributed by atoms with van der Waals surface area (Å²) < 4.78 is 5.54. The van der Waals surface area contributed by atoms with Gasteiger partial charge in [-0.25, -0.2) is 0 Å². The van der Waals surface area contributed by atoms with Crippen LogP contribution < -0.4 is 10.6 Å². The molecule has 2 amide bonds. The van der Waals surface area contributed by atoms with E-state index in [0.717, 1.165) is 25.9 Å². The molecule has 2 saturated heterocycles. The molecule has 0 radical (unpaired) electrons. The van der Waals surface area contributed by atoms with Crippen LogP contribution in [0, 0.1) is 0 Å². The molecule has 2 heterocycles. The van der Waals surface area contributed by atoms with E-state index in [0.29, 0.717) is 10.6 Å². The van der Waals surface area contributed by atoms with Gasteiger partial charge in [0.05, 0.1) is 6.04 Å². The minimum absolute atomic E-state index is 0.119. The summed E-state index contributed by atoms with van der Waals surface area (Å²) in [6, 6.07) is 6.74. The van der Waals surface area contributed by atoms with Gasteiger partial charge < -0.3 is 20.3 Å². The number of nitrogens with zero attached hydrogens (tertiary/aromatic N) is 1. The highest BCUT2D eigenvalue weighted by Crippen LogP contribution is 2.28. The van der Waals surface area contributed by atoms with Crippen molar-refractivity contribution in [1.29, 1.82) is 0 Å². The zero-order valence-corrected chi connectivity index (χ0v) is 14.4. The van der Waals surface area contributed by atoms with Crippen molar-refractivity contribution in [3.05, 3.63) is 34.9 Å². The third-order valence-corrected chi connectivity index (χ3v) is 4.92. The van der Waals surface area contributed by atoms with Crippen LogP contribution in [0.5, 0.6) is 0 Å². The molecular formula is C17H22ClN3O3. The predicted octanol–water partition coefficient (Wildman–Crippen LogP) is 1.11. The highest BCUT2D eigenvalue weighted by atomic mass is 35.5. The van der Waals surface area contributed by atoms with Crippen LogP contribution in [0.1, 0.15) is 24.4 Å². The van der Waals surface area contributed by atoms with Crippen molar-refractivity contribution in [3.8, 4) is 0 Å². The van der Waals surface area contributed by atoms with Crippen LogP contribution in [0.4, 0.5) is 0 Å². The summed E-state index contributed by atoms with van der Waals surface area (Å²) >= 11 is 6.24. The molecule has 2 aliphatic rings. The lowest BCUT2D eigenvalue weighted by Crippen LogP contribution is -2.55. The van der Waals surface area contributed by atoms with Crippen LogP contribution in [0.3, 0.4) is 0 Å². The number of likely N-dealkylation sites (tertiary alicyclic amines) is 1. The maximum absolute atomic E-state index is 12.7. The molecule has 6 nitrogen and oxygen atoms in total. The van der Waals surface area contributed by atoms with Gasteiger partial charge in [-0.3, -0.25) is 9.59 Å². The quantitative estimate of drug-likeness (QED) is 0.855. The van der Waals surface area contributed by atoms with Gasteiger partial charge in [0, 0.05) is 11.1 Å². The van der Waals surface area contributed by atoms with Crippen molar-refractivity contribution in [1.82, 2.24) is 15.5 Å². The summed E-state index contributed by atoms with van der Waals surface area (Å²) in [5, 5.41) is 6.39. The fraction of sp³-hybridized carbons (Fsp3) is 0.529. The van der Waals surface area contributed by atoms with Gasteiger partial charge in [-0.15, -0.1) is 0 Å². The number of hydrogen-bond donors (Lipinski definition) is 2. The lowest BCUT2D eigenvalue weighted by atomic mass is 9.98. The van der Waals surface area contributed by atoms with Gasteiger partial charge in [-0.2, -0.15) is 0 Å². The number of piperidine rings is 1. The number of amides is 2. The maximum Gasteiger partial charge on any atom is 0.251 e. The first-order chi connectivity index (χ1) is 11.5. The van der Waals surface area contributed by atoms with Crippen LogP contribution in [0.15, 0.2) is 24.3 Å². The summed E-state index contributed by atoms with van der Waals surface area (Å²) in [5.74, 6) is -0.447. The van der Waals surface area contributed by atoms with Crippen LogP contribution in [-0.4, -0.2) is 55.6 Å². The van der Waals surface area contributed by atoms with Crippen molar-refractivity contribution in [2.24, 2.45) is 0 Å². The van der Waals surface area contributed by atoms with Gasteiger partial charge in [0.1, 0.15) is 6.61 Å². The second kappa shape index (κ2) is 7.51. The molecule has 24 heavy (non-hydrogen) atoms. The number of benzene rings is 1. The first kappa shape index (κ1) is 17.2. The molecule has 0 bridgehead atoms. The van der Waals surface area contributed by atoms with Crippen molar-refractivity contribution >= 4 is 23.4 Å². The van der Waals surface area contributed by atoms with E-state index >= 15 is 0 Å². The second-order valence-corrected chi connectivity index (χ2v) is 6.79. The molecule has 2 N–H and O–H groups in total. The lowest BCUT2D eigenvalue weighted by molar-refractivity contribution is -0.148. The Labute approximate surface area is 146 Å². The molecule has 130 valence electrons. The maximum atomic E-state index is 12.7. The number of morpholine rings is 1. The summed E-state index contributed by atoms with van der Waals surface area (Å²) in [6.07, 6.45) is 1.05. The predicted molar refractivity (Wildman–Crippen MR) is 90.7 cm³/mol. The van der Waals surface area contributed by atoms with Crippen LogP contribution >= 0.6 is 11.6 Å². The molecule has 1 aromatic carbocycles. The summed E-state index contributed by atoms with van der Waals surface area (Å²) in [4.78, 5) is 26.7. The number of rotatable bonds is 3. The Kier molecular flexibility index (Phi) is 5.38. The third kappa shape index (κ3) is 3.88. The highest BCUT2D eigenvalue weighted by molar-refractivity contribution is 6.31.